The SMILES string of the molecule is Cc1c(O)c([S@@](=O)c2ccccc2)c(=O)n(-c2ccccc2)c1-c1ccccc1. The third-order valence-corrected chi connectivity index (χ3v) is 6.19. The van der Waals surface area contributed by atoms with Crippen LogP contribution in [0.1, 0.15) is 5.56 Å². The number of aromatic hydroxyl groups is 1. The highest BCUT2D eigenvalue weighted by molar-refractivity contribution is 7.85. The van der Waals surface area contributed by atoms with Gasteiger partial charge in [0.2, 0.25) is 0 Å². The predicted molar refractivity (Wildman–Crippen MR) is 115 cm³/mol. The van der Waals surface area contributed by atoms with Crippen molar-refractivity contribution < 1.29 is 9.32 Å². The predicted octanol–water partition coefficient (Wildman–Crippen LogP) is 4.69. The van der Waals surface area contributed by atoms with Gasteiger partial charge in [0.15, 0.2) is 4.90 Å². The van der Waals surface area contributed by atoms with Crippen LogP contribution in [-0.4, -0.2) is 13.9 Å². The van der Waals surface area contributed by atoms with E-state index in [1.165, 1.54) is 4.57 Å². The molecule has 4 rings (SSSR count). The fraction of sp³-hybridized carbons (Fsp3) is 0.0417. The quantitative estimate of drug-likeness (QED) is 0.540. The molecule has 0 unspecified atom stereocenters. The lowest BCUT2D eigenvalue weighted by molar-refractivity contribution is 0.452. The Morgan fingerprint density at radius 2 is 1.31 bits per heavy atom. The van der Waals surface area contributed by atoms with Crippen LogP contribution < -0.4 is 5.56 Å². The molecule has 1 heterocycles. The average Bonchev–Trinajstić information content (AvgIpc) is 2.78. The van der Waals surface area contributed by atoms with Gasteiger partial charge < -0.3 is 5.11 Å². The van der Waals surface area contributed by atoms with Crippen molar-refractivity contribution in [1.82, 2.24) is 4.57 Å². The van der Waals surface area contributed by atoms with Crippen LogP contribution in [0.4, 0.5) is 0 Å². The Balaban J connectivity index is 2.08. The largest absolute Gasteiger partial charge is 0.506 e. The van der Waals surface area contributed by atoms with Crippen LogP contribution in [-0.2, 0) is 10.8 Å². The van der Waals surface area contributed by atoms with E-state index in [4.69, 9.17) is 0 Å². The lowest BCUT2D eigenvalue weighted by Gasteiger charge is -2.19. The zero-order valence-corrected chi connectivity index (χ0v) is 16.6. The van der Waals surface area contributed by atoms with E-state index in [9.17, 15) is 14.1 Å². The van der Waals surface area contributed by atoms with Gasteiger partial charge in [0, 0.05) is 16.1 Å². The van der Waals surface area contributed by atoms with Gasteiger partial charge in [0.05, 0.1) is 16.5 Å². The first-order chi connectivity index (χ1) is 14.1. The number of para-hydroxylation sites is 1. The van der Waals surface area contributed by atoms with Gasteiger partial charge in [-0.15, -0.1) is 0 Å². The standard InChI is InChI=1S/C24H19NO3S/c1-17-21(18-11-5-2-6-12-18)25(19-13-7-3-8-14-19)24(27)23(22(17)26)29(28)20-15-9-4-10-16-20/h2-16,26H,1H3/t29-/m0/s1. The summed E-state index contributed by atoms with van der Waals surface area (Å²) in [7, 11) is -1.81. The van der Waals surface area contributed by atoms with E-state index < -0.39 is 16.4 Å². The third kappa shape index (κ3) is 3.41. The van der Waals surface area contributed by atoms with Crippen LogP contribution in [0.2, 0.25) is 0 Å². The number of benzene rings is 3. The Hall–Kier alpha value is -3.44. The number of rotatable bonds is 4. The molecule has 0 saturated carbocycles. The van der Waals surface area contributed by atoms with E-state index in [0.717, 1.165) is 5.56 Å². The van der Waals surface area contributed by atoms with Gasteiger partial charge in [-0.05, 0) is 36.8 Å². The van der Waals surface area contributed by atoms with Gasteiger partial charge in [0.25, 0.3) is 5.56 Å². The minimum absolute atomic E-state index is 0.114. The fourth-order valence-electron chi connectivity index (χ4n) is 3.35. The van der Waals surface area contributed by atoms with Crippen LogP contribution in [0.3, 0.4) is 0 Å². The van der Waals surface area contributed by atoms with Crippen molar-refractivity contribution in [3.63, 3.8) is 0 Å². The summed E-state index contributed by atoms with van der Waals surface area (Å²) in [5, 5.41) is 10.9. The molecule has 0 aliphatic rings. The topological polar surface area (TPSA) is 59.3 Å². The molecule has 0 aliphatic heterocycles. The summed E-state index contributed by atoms with van der Waals surface area (Å²) in [6, 6.07) is 27.3. The number of pyridine rings is 1. The average molecular weight is 401 g/mol. The molecule has 1 aromatic heterocycles. The molecule has 0 aliphatic carbocycles. The normalized spacial score (nSPS) is 11.9. The Morgan fingerprint density at radius 1 is 0.793 bits per heavy atom. The second kappa shape index (κ2) is 7.89. The van der Waals surface area contributed by atoms with E-state index in [0.29, 0.717) is 21.8 Å². The molecule has 29 heavy (non-hydrogen) atoms. The van der Waals surface area contributed by atoms with Crippen LogP contribution in [0, 0.1) is 6.92 Å². The lowest BCUT2D eigenvalue weighted by Crippen LogP contribution is -2.25. The van der Waals surface area contributed by atoms with Crippen molar-refractivity contribution in [3.05, 3.63) is 107 Å². The van der Waals surface area contributed by atoms with Gasteiger partial charge in [-0.1, -0.05) is 66.7 Å². The summed E-state index contributed by atoms with van der Waals surface area (Å²) in [5.74, 6) is -0.233. The Bertz CT molecular complexity index is 1230. The number of hydrogen-bond donors (Lipinski definition) is 1. The molecule has 4 nitrogen and oxygen atoms in total. The van der Waals surface area contributed by atoms with Crippen LogP contribution in [0.25, 0.3) is 16.9 Å². The number of nitrogens with zero attached hydrogens (tertiary/aromatic N) is 1. The molecular weight excluding hydrogens is 382 g/mol. The molecule has 4 aromatic rings. The van der Waals surface area contributed by atoms with E-state index in [2.05, 4.69) is 0 Å². The Kier molecular flexibility index (Phi) is 5.14. The van der Waals surface area contributed by atoms with E-state index in [1.54, 1.807) is 31.2 Å². The third-order valence-electron chi connectivity index (χ3n) is 4.75. The molecule has 144 valence electrons. The van der Waals surface area contributed by atoms with Crippen LogP contribution in [0.5, 0.6) is 5.75 Å². The van der Waals surface area contributed by atoms with E-state index >= 15 is 0 Å². The molecule has 0 saturated heterocycles. The summed E-state index contributed by atoms with van der Waals surface area (Å²) in [4.78, 5) is 13.9. The monoisotopic (exact) mass is 401 g/mol. The lowest BCUT2D eigenvalue weighted by atomic mass is 10.0. The zero-order chi connectivity index (χ0) is 20.4. The Labute approximate surface area is 171 Å². The van der Waals surface area contributed by atoms with Crippen molar-refractivity contribution in [2.24, 2.45) is 0 Å². The molecule has 1 atom stereocenters. The summed E-state index contributed by atoms with van der Waals surface area (Å²) < 4.78 is 14.7. The molecule has 3 aromatic carbocycles. The maximum absolute atomic E-state index is 13.6. The number of aromatic nitrogens is 1. The number of hydrogen-bond acceptors (Lipinski definition) is 3. The summed E-state index contributed by atoms with van der Waals surface area (Å²) in [6.45, 7) is 1.74. The van der Waals surface area contributed by atoms with E-state index in [-0.39, 0.29) is 10.6 Å². The molecule has 0 spiro atoms. The first-order valence-corrected chi connectivity index (χ1v) is 10.3. The minimum atomic E-state index is -1.81. The summed E-state index contributed by atoms with van der Waals surface area (Å²) in [6.07, 6.45) is 0. The van der Waals surface area contributed by atoms with Crippen LogP contribution in [0.15, 0.2) is 106 Å². The van der Waals surface area contributed by atoms with E-state index in [1.807, 2.05) is 66.7 Å². The van der Waals surface area contributed by atoms with Gasteiger partial charge in [-0.25, -0.2) is 4.21 Å². The second-order valence-corrected chi connectivity index (χ2v) is 7.99. The molecule has 0 fully saturated rings. The highest BCUT2D eigenvalue weighted by Gasteiger charge is 2.25. The minimum Gasteiger partial charge on any atom is -0.506 e. The maximum atomic E-state index is 13.6. The molecule has 5 heteroatoms. The zero-order valence-electron chi connectivity index (χ0n) is 15.8. The molecular formula is C24H19NO3S. The summed E-state index contributed by atoms with van der Waals surface area (Å²) in [5.41, 5.74) is 2.01. The highest BCUT2D eigenvalue weighted by Crippen LogP contribution is 2.34. The van der Waals surface area contributed by atoms with Crippen LogP contribution >= 0.6 is 0 Å². The van der Waals surface area contributed by atoms with Crippen molar-refractivity contribution in [3.8, 4) is 22.7 Å². The van der Waals surface area contributed by atoms with Crippen molar-refractivity contribution in [1.29, 1.82) is 0 Å². The van der Waals surface area contributed by atoms with Gasteiger partial charge in [-0.3, -0.25) is 9.36 Å². The van der Waals surface area contributed by atoms with Crippen molar-refractivity contribution in [2.75, 3.05) is 0 Å². The maximum Gasteiger partial charge on any atom is 0.276 e. The molecule has 0 bridgehead atoms. The Morgan fingerprint density at radius 3 is 1.90 bits per heavy atom. The van der Waals surface area contributed by atoms with Gasteiger partial charge in [-0.2, -0.15) is 0 Å². The smallest absolute Gasteiger partial charge is 0.276 e. The van der Waals surface area contributed by atoms with Crippen molar-refractivity contribution >= 4 is 10.8 Å². The van der Waals surface area contributed by atoms with Gasteiger partial charge >= 0.3 is 0 Å². The molecule has 0 amide bonds. The fourth-order valence-corrected chi connectivity index (χ4v) is 4.57. The highest BCUT2D eigenvalue weighted by atomic mass is 32.2. The molecule has 1 N–H and O–H groups in total. The van der Waals surface area contributed by atoms with Crippen molar-refractivity contribution in [2.45, 2.75) is 16.7 Å². The van der Waals surface area contributed by atoms with Gasteiger partial charge in [0.1, 0.15) is 5.75 Å². The molecule has 0 radical (unpaired) electrons. The second-order valence-electron chi connectivity index (χ2n) is 6.58. The summed E-state index contributed by atoms with van der Waals surface area (Å²) >= 11 is 0. The first kappa shape index (κ1) is 18.9. The first-order valence-electron chi connectivity index (χ1n) is 9.16.